The van der Waals surface area contributed by atoms with Gasteiger partial charge in [0.2, 0.25) is 5.91 Å². The Balaban J connectivity index is 1.85. The van der Waals surface area contributed by atoms with E-state index in [1.807, 2.05) is 24.3 Å². The quantitative estimate of drug-likeness (QED) is 0.282. The fourth-order valence-electron chi connectivity index (χ4n) is 3.91. The molecule has 0 bridgehead atoms. The highest BCUT2D eigenvalue weighted by atomic mass is 16.4. The van der Waals surface area contributed by atoms with Crippen molar-refractivity contribution < 1.29 is 19.8 Å². The van der Waals surface area contributed by atoms with E-state index in [-0.39, 0.29) is 11.8 Å². The Labute approximate surface area is 186 Å². The number of aliphatic carboxylic acids is 1. The highest BCUT2D eigenvalue weighted by molar-refractivity contribution is 5.88. The summed E-state index contributed by atoms with van der Waals surface area (Å²) in [5.41, 5.74) is 0.302. The van der Waals surface area contributed by atoms with Gasteiger partial charge in [0, 0.05) is 23.5 Å². The Morgan fingerprint density at radius 1 is 1.03 bits per heavy atom. The van der Waals surface area contributed by atoms with Crippen molar-refractivity contribution in [1.82, 2.24) is 19.9 Å². The highest BCUT2D eigenvalue weighted by Crippen LogP contribution is 2.22. The van der Waals surface area contributed by atoms with E-state index < -0.39 is 41.3 Å². The standard InChI is InChI=1S/C23H22N4O6/c1-12(28)19(22(31)32)26-20(29)18(10-13-11-24-16-8-4-2-6-14(13)16)27-21(30)15-7-3-5-9-17(15)25-23(27)33/h2-9,11-12,18-19,24,28H,10H2,1H3,(H,25,33)(H,26,29)(H,31,32)/t12-,18-,19-/m0/s1. The van der Waals surface area contributed by atoms with Gasteiger partial charge in [0.25, 0.3) is 5.56 Å². The fourth-order valence-corrected chi connectivity index (χ4v) is 3.91. The van der Waals surface area contributed by atoms with Crippen LogP contribution in [-0.4, -0.2) is 48.8 Å². The van der Waals surface area contributed by atoms with E-state index in [9.17, 15) is 29.4 Å². The van der Waals surface area contributed by atoms with Crippen molar-refractivity contribution in [3.63, 3.8) is 0 Å². The zero-order valence-electron chi connectivity index (χ0n) is 17.6. The SMILES string of the molecule is C[C@H](O)[C@H](NC(=O)[C@H](Cc1c[nH]c2ccccc12)n1c(=O)[nH]c2ccccc2c1=O)C(=O)O. The van der Waals surface area contributed by atoms with Crippen LogP contribution in [0.1, 0.15) is 18.5 Å². The molecule has 2 aromatic heterocycles. The van der Waals surface area contributed by atoms with Crippen LogP contribution in [0.4, 0.5) is 0 Å². The second-order valence-corrected chi connectivity index (χ2v) is 7.80. The van der Waals surface area contributed by atoms with Crippen molar-refractivity contribution in [3.05, 3.63) is 81.1 Å². The third-order valence-electron chi connectivity index (χ3n) is 5.59. The lowest BCUT2D eigenvalue weighted by atomic mass is 10.0. The van der Waals surface area contributed by atoms with Crippen molar-refractivity contribution in [2.24, 2.45) is 0 Å². The molecule has 0 aliphatic carbocycles. The molecule has 4 rings (SSSR count). The minimum atomic E-state index is -1.61. The molecule has 4 aromatic rings. The first kappa shape index (κ1) is 22.0. The third kappa shape index (κ3) is 4.15. The van der Waals surface area contributed by atoms with Gasteiger partial charge in [0.1, 0.15) is 6.04 Å². The van der Waals surface area contributed by atoms with Crippen LogP contribution < -0.4 is 16.6 Å². The summed E-state index contributed by atoms with van der Waals surface area (Å²) in [6.45, 7) is 1.22. The van der Waals surface area contributed by atoms with Gasteiger partial charge in [-0.1, -0.05) is 30.3 Å². The maximum atomic E-state index is 13.3. The number of fused-ring (bicyclic) bond motifs is 2. The van der Waals surface area contributed by atoms with Gasteiger partial charge in [0.05, 0.1) is 17.0 Å². The van der Waals surface area contributed by atoms with E-state index in [2.05, 4.69) is 15.3 Å². The molecule has 0 unspecified atom stereocenters. The predicted molar refractivity (Wildman–Crippen MR) is 121 cm³/mol. The first-order valence-electron chi connectivity index (χ1n) is 10.3. The molecule has 0 saturated carbocycles. The van der Waals surface area contributed by atoms with E-state index >= 15 is 0 Å². The summed E-state index contributed by atoms with van der Waals surface area (Å²) in [5, 5.41) is 22.4. The molecule has 3 atom stereocenters. The number of amides is 1. The van der Waals surface area contributed by atoms with Crippen molar-refractivity contribution in [3.8, 4) is 0 Å². The number of hydrogen-bond acceptors (Lipinski definition) is 5. The van der Waals surface area contributed by atoms with Crippen LogP contribution in [0.25, 0.3) is 21.8 Å². The van der Waals surface area contributed by atoms with Crippen LogP contribution in [-0.2, 0) is 16.0 Å². The number of H-pyrrole nitrogens is 2. The Hall–Kier alpha value is -4.18. The third-order valence-corrected chi connectivity index (χ3v) is 5.59. The zero-order chi connectivity index (χ0) is 23.7. The molecular weight excluding hydrogens is 428 g/mol. The molecule has 1 amide bonds. The summed E-state index contributed by atoms with van der Waals surface area (Å²) in [6.07, 6.45) is 0.213. The number of hydrogen-bond donors (Lipinski definition) is 5. The Kier molecular flexibility index (Phi) is 5.84. The molecule has 0 fully saturated rings. The largest absolute Gasteiger partial charge is 0.480 e. The summed E-state index contributed by atoms with van der Waals surface area (Å²) in [4.78, 5) is 56.6. The van der Waals surface area contributed by atoms with E-state index in [0.717, 1.165) is 15.5 Å². The molecule has 0 spiro atoms. The molecule has 0 aliphatic rings. The Morgan fingerprint density at radius 2 is 1.67 bits per heavy atom. The molecule has 0 radical (unpaired) electrons. The average Bonchev–Trinajstić information content (AvgIpc) is 3.19. The smallest absolute Gasteiger partial charge is 0.329 e. The number of nitrogens with zero attached hydrogens (tertiary/aromatic N) is 1. The first-order chi connectivity index (χ1) is 15.8. The van der Waals surface area contributed by atoms with Gasteiger partial charge < -0.3 is 25.5 Å². The zero-order valence-corrected chi connectivity index (χ0v) is 17.6. The average molecular weight is 450 g/mol. The highest BCUT2D eigenvalue weighted by Gasteiger charge is 2.32. The summed E-state index contributed by atoms with van der Waals surface area (Å²) in [7, 11) is 0. The van der Waals surface area contributed by atoms with Crippen LogP contribution in [0, 0.1) is 0 Å². The van der Waals surface area contributed by atoms with Gasteiger partial charge in [-0.3, -0.25) is 9.59 Å². The number of aliphatic hydroxyl groups excluding tert-OH is 1. The van der Waals surface area contributed by atoms with Gasteiger partial charge >= 0.3 is 11.7 Å². The van der Waals surface area contributed by atoms with Crippen LogP contribution in [0.3, 0.4) is 0 Å². The van der Waals surface area contributed by atoms with Crippen molar-refractivity contribution in [2.45, 2.75) is 31.5 Å². The monoisotopic (exact) mass is 450 g/mol. The maximum Gasteiger partial charge on any atom is 0.329 e. The lowest BCUT2D eigenvalue weighted by Crippen LogP contribution is -2.52. The van der Waals surface area contributed by atoms with Crippen LogP contribution in [0.15, 0.2) is 64.3 Å². The number of carbonyl (C=O) groups excluding carboxylic acids is 1. The molecule has 0 saturated heterocycles. The summed E-state index contributed by atoms with van der Waals surface area (Å²) < 4.78 is 0.792. The topological polar surface area (TPSA) is 157 Å². The van der Waals surface area contributed by atoms with Gasteiger partial charge in [0.15, 0.2) is 6.04 Å². The Bertz CT molecular complexity index is 1470. The second kappa shape index (κ2) is 8.75. The van der Waals surface area contributed by atoms with Crippen LogP contribution in [0.2, 0.25) is 0 Å². The molecule has 10 nitrogen and oxygen atoms in total. The number of aromatic amines is 2. The number of aromatic nitrogens is 3. The molecule has 33 heavy (non-hydrogen) atoms. The van der Waals surface area contributed by atoms with E-state index in [0.29, 0.717) is 11.1 Å². The number of rotatable bonds is 7. The molecule has 2 heterocycles. The first-order valence-corrected chi connectivity index (χ1v) is 10.3. The van der Waals surface area contributed by atoms with Gasteiger partial charge in [-0.05, 0) is 30.7 Å². The maximum absolute atomic E-state index is 13.3. The summed E-state index contributed by atoms with van der Waals surface area (Å²) in [5.74, 6) is -2.32. The van der Waals surface area contributed by atoms with E-state index in [1.54, 1.807) is 24.4 Å². The van der Waals surface area contributed by atoms with Gasteiger partial charge in [-0.25, -0.2) is 14.2 Å². The summed E-state index contributed by atoms with van der Waals surface area (Å²) >= 11 is 0. The second-order valence-electron chi connectivity index (χ2n) is 7.80. The number of carboxylic acid groups (broad SMARTS) is 1. The lowest BCUT2D eigenvalue weighted by Gasteiger charge is -2.23. The lowest BCUT2D eigenvalue weighted by molar-refractivity contribution is -0.145. The molecular formula is C23H22N4O6. The number of para-hydroxylation sites is 2. The van der Waals surface area contributed by atoms with Crippen molar-refractivity contribution >= 4 is 33.7 Å². The number of carboxylic acids is 1. The van der Waals surface area contributed by atoms with Crippen LogP contribution >= 0.6 is 0 Å². The minimum Gasteiger partial charge on any atom is -0.480 e. The minimum absolute atomic E-state index is 0.0661. The molecule has 170 valence electrons. The van der Waals surface area contributed by atoms with Crippen LogP contribution in [0.5, 0.6) is 0 Å². The van der Waals surface area contributed by atoms with Gasteiger partial charge in [-0.15, -0.1) is 0 Å². The number of nitrogens with one attached hydrogen (secondary N) is 3. The molecule has 2 aromatic carbocycles. The van der Waals surface area contributed by atoms with Gasteiger partial charge in [-0.2, -0.15) is 0 Å². The normalized spacial score (nSPS) is 14.1. The summed E-state index contributed by atoms with van der Waals surface area (Å²) in [6, 6.07) is 10.8. The van der Waals surface area contributed by atoms with E-state index in [4.69, 9.17) is 0 Å². The van der Waals surface area contributed by atoms with E-state index in [1.165, 1.54) is 13.0 Å². The Morgan fingerprint density at radius 3 is 2.33 bits per heavy atom. The number of benzene rings is 2. The number of carbonyl (C=O) groups is 2. The number of aliphatic hydroxyl groups is 1. The molecule has 0 aliphatic heterocycles. The molecule has 10 heteroatoms. The van der Waals surface area contributed by atoms with Crippen molar-refractivity contribution in [1.29, 1.82) is 0 Å². The van der Waals surface area contributed by atoms with Crippen molar-refractivity contribution in [2.75, 3.05) is 0 Å². The molecule has 5 N–H and O–H groups in total. The fraction of sp³-hybridized carbons (Fsp3) is 0.217. The predicted octanol–water partition coefficient (Wildman–Crippen LogP) is 0.905.